The van der Waals surface area contributed by atoms with E-state index in [-0.39, 0.29) is 20.0 Å². The summed E-state index contributed by atoms with van der Waals surface area (Å²) in [5.74, 6) is 0. The minimum Gasteiger partial charge on any atom is -0.311 e. The van der Waals surface area contributed by atoms with E-state index in [1.54, 1.807) is 41.6 Å². The van der Waals surface area contributed by atoms with Gasteiger partial charge in [0.25, 0.3) is 0 Å². The van der Waals surface area contributed by atoms with Crippen LogP contribution in [-0.2, 0) is 6.18 Å². The predicted octanol–water partition coefficient (Wildman–Crippen LogP) is 6.62. The molecule has 1 aromatic carbocycles. The van der Waals surface area contributed by atoms with E-state index in [2.05, 4.69) is 9.97 Å². The van der Waals surface area contributed by atoms with Gasteiger partial charge in [0.05, 0.1) is 15.9 Å². The highest BCUT2D eigenvalue weighted by atomic mass is 127. The van der Waals surface area contributed by atoms with Crippen molar-refractivity contribution >= 4 is 68.6 Å². The molecule has 0 spiro atoms. The largest absolute Gasteiger partial charge is 0.421 e. The van der Waals surface area contributed by atoms with Crippen molar-refractivity contribution < 1.29 is 13.2 Å². The number of hydrogen-bond donors (Lipinski definition) is 0. The number of rotatable bonds is 2. The fourth-order valence-electron chi connectivity index (χ4n) is 2.60. The molecule has 1 atom stereocenters. The average Bonchev–Trinajstić information content (AvgIpc) is 2.77. The number of aromatic nitrogens is 3. The highest BCUT2D eigenvalue weighted by molar-refractivity contribution is 14.1. The van der Waals surface area contributed by atoms with Crippen molar-refractivity contribution in [3.63, 3.8) is 0 Å². The number of halogens is 7. The third kappa shape index (κ3) is 3.43. The van der Waals surface area contributed by atoms with Crippen LogP contribution in [0.2, 0.25) is 15.2 Å². The summed E-state index contributed by atoms with van der Waals surface area (Å²) in [5, 5.41) is 0.791. The molecule has 3 nitrogen and oxygen atoms in total. The molecule has 2 heterocycles. The summed E-state index contributed by atoms with van der Waals surface area (Å²) >= 11 is 19.6. The van der Waals surface area contributed by atoms with Crippen molar-refractivity contribution in [2.24, 2.45) is 0 Å². The Morgan fingerprint density at radius 1 is 1.20 bits per heavy atom. The second-order valence-electron chi connectivity index (χ2n) is 5.24. The number of alkyl halides is 3. The first kappa shape index (κ1) is 19.0. The molecule has 0 unspecified atom stereocenters. The number of nitrogens with zero attached hydrogens (tertiary/aromatic N) is 3. The van der Waals surface area contributed by atoms with E-state index < -0.39 is 17.8 Å². The van der Waals surface area contributed by atoms with E-state index in [4.69, 9.17) is 34.8 Å². The summed E-state index contributed by atoms with van der Waals surface area (Å²) in [5.41, 5.74) is -0.443. The Kier molecular flexibility index (Phi) is 5.13. The molecule has 0 amide bonds. The molecule has 0 saturated carbocycles. The molecule has 2 aromatic heterocycles. The van der Waals surface area contributed by atoms with Crippen molar-refractivity contribution in [3.05, 3.63) is 54.4 Å². The number of hydrogen-bond acceptors (Lipinski definition) is 2. The van der Waals surface area contributed by atoms with Gasteiger partial charge < -0.3 is 4.57 Å². The Labute approximate surface area is 169 Å². The molecule has 3 aromatic rings. The normalized spacial score (nSPS) is 13.4. The maximum absolute atomic E-state index is 13.5. The van der Waals surface area contributed by atoms with Gasteiger partial charge in [-0.2, -0.15) is 13.2 Å². The lowest BCUT2D eigenvalue weighted by molar-refractivity contribution is -0.137. The van der Waals surface area contributed by atoms with Gasteiger partial charge in [0.2, 0.25) is 0 Å². The van der Waals surface area contributed by atoms with Gasteiger partial charge in [-0.05, 0) is 47.2 Å². The van der Waals surface area contributed by atoms with Crippen LogP contribution >= 0.6 is 57.4 Å². The minimum absolute atomic E-state index is 0.00535. The zero-order chi connectivity index (χ0) is 18.5. The first-order valence-corrected chi connectivity index (χ1v) is 9.06. The third-order valence-corrected chi connectivity index (χ3v) is 5.49. The molecule has 0 radical (unpaired) electrons. The Hall–Kier alpha value is -0.770. The molecule has 0 aliphatic rings. The Morgan fingerprint density at radius 2 is 1.88 bits per heavy atom. The topological polar surface area (TPSA) is 30.7 Å². The van der Waals surface area contributed by atoms with Crippen LogP contribution in [0.4, 0.5) is 13.2 Å². The lowest BCUT2D eigenvalue weighted by Crippen LogP contribution is -2.12. The van der Waals surface area contributed by atoms with Crippen molar-refractivity contribution in [1.29, 1.82) is 0 Å². The summed E-state index contributed by atoms with van der Waals surface area (Å²) in [6.45, 7) is 1.72. The molecule has 0 N–H and O–H groups in total. The molecule has 0 aliphatic heterocycles. The van der Waals surface area contributed by atoms with Gasteiger partial charge >= 0.3 is 6.18 Å². The summed E-state index contributed by atoms with van der Waals surface area (Å²) in [6.07, 6.45) is -3.48. The molecule has 0 bridgehead atoms. The first-order valence-electron chi connectivity index (χ1n) is 6.85. The second-order valence-corrected chi connectivity index (χ2v) is 7.49. The molecule has 0 aliphatic carbocycles. The minimum atomic E-state index is -4.58. The molecule has 0 saturated heterocycles. The Bertz CT molecular complexity index is 972. The van der Waals surface area contributed by atoms with E-state index in [9.17, 15) is 13.2 Å². The van der Waals surface area contributed by atoms with Gasteiger partial charge in [-0.1, -0.05) is 40.9 Å². The molecular weight excluding hydrogens is 512 g/mol. The fourth-order valence-corrected chi connectivity index (χ4v) is 4.50. The number of benzene rings is 1. The van der Waals surface area contributed by atoms with E-state index in [0.717, 1.165) is 6.20 Å². The van der Waals surface area contributed by atoms with Crippen LogP contribution in [0, 0.1) is 3.70 Å². The van der Waals surface area contributed by atoms with Gasteiger partial charge in [0.1, 0.15) is 16.2 Å². The van der Waals surface area contributed by atoms with E-state index in [1.165, 1.54) is 10.6 Å². The molecule has 0 fully saturated rings. The number of fused-ring (bicyclic) bond motifs is 1. The van der Waals surface area contributed by atoms with Gasteiger partial charge in [-0.25, -0.2) is 9.97 Å². The Morgan fingerprint density at radius 3 is 2.48 bits per heavy atom. The van der Waals surface area contributed by atoms with Gasteiger partial charge in [-0.15, -0.1) is 0 Å². The molecule has 3 rings (SSSR count). The second kappa shape index (κ2) is 6.75. The predicted molar refractivity (Wildman–Crippen MR) is 101 cm³/mol. The summed E-state index contributed by atoms with van der Waals surface area (Å²) in [7, 11) is 0. The summed E-state index contributed by atoms with van der Waals surface area (Å²) < 4.78 is 42.0. The van der Waals surface area contributed by atoms with Crippen molar-refractivity contribution in [1.82, 2.24) is 14.5 Å². The molecule has 10 heteroatoms. The van der Waals surface area contributed by atoms with Crippen LogP contribution in [0.5, 0.6) is 0 Å². The quantitative estimate of drug-likeness (QED) is 0.356. The first-order chi connectivity index (χ1) is 11.6. The van der Waals surface area contributed by atoms with Gasteiger partial charge in [-0.3, -0.25) is 0 Å². The Balaban J connectivity index is 2.32. The van der Waals surface area contributed by atoms with Crippen molar-refractivity contribution in [2.45, 2.75) is 19.1 Å². The zero-order valence-corrected chi connectivity index (χ0v) is 16.8. The molecule has 132 valence electrons. The maximum atomic E-state index is 13.5. The van der Waals surface area contributed by atoms with Crippen LogP contribution in [0.15, 0.2) is 24.4 Å². The highest BCUT2D eigenvalue weighted by Crippen LogP contribution is 2.41. The summed E-state index contributed by atoms with van der Waals surface area (Å²) in [4.78, 5) is 7.90. The monoisotopic (exact) mass is 519 g/mol. The van der Waals surface area contributed by atoms with E-state index in [1.807, 2.05) is 0 Å². The lowest BCUT2D eigenvalue weighted by Gasteiger charge is -2.18. The van der Waals surface area contributed by atoms with Crippen LogP contribution in [-0.4, -0.2) is 14.5 Å². The fraction of sp³-hybridized carbons (Fsp3) is 0.200. The molecule has 25 heavy (non-hydrogen) atoms. The van der Waals surface area contributed by atoms with Gasteiger partial charge in [0, 0.05) is 10.0 Å². The van der Waals surface area contributed by atoms with Crippen LogP contribution < -0.4 is 0 Å². The smallest absolute Gasteiger partial charge is 0.311 e. The van der Waals surface area contributed by atoms with Crippen LogP contribution in [0.3, 0.4) is 0 Å². The van der Waals surface area contributed by atoms with Crippen molar-refractivity contribution in [3.8, 4) is 0 Å². The zero-order valence-electron chi connectivity index (χ0n) is 12.4. The lowest BCUT2D eigenvalue weighted by atomic mass is 10.1. The standard InChI is InChI=1S/C15H8Cl3F3IN3/c1-6(8-3-2-7(16)4-9(8)17)25-13(22)11(15(19,20)21)12-14(25)24-10(18)5-23-12/h2-6H,1H3/t6-/m1/s1. The van der Waals surface area contributed by atoms with E-state index >= 15 is 0 Å². The van der Waals surface area contributed by atoms with Crippen molar-refractivity contribution in [2.75, 3.05) is 0 Å². The highest BCUT2D eigenvalue weighted by Gasteiger charge is 2.40. The summed E-state index contributed by atoms with van der Waals surface area (Å²) in [6, 6.07) is 4.29. The SMILES string of the molecule is C[C@H](c1ccc(Cl)cc1Cl)n1c(I)c(C(F)(F)F)c2ncc(Cl)nc21. The third-order valence-electron chi connectivity index (χ3n) is 3.69. The molecular formula is C15H8Cl3F3IN3. The van der Waals surface area contributed by atoms with E-state index in [0.29, 0.717) is 15.6 Å². The average molecular weight is 521 g/mol. The maximum Gasteiger partial charge on any atom is 0.421 e. The van der Waals surface area contributed by atoms with Crippen LogP contribution in [0.25, 0.3) is 11.2 Å². The van der Waals surface area contributed by atoms with Crippen LogP contribution in [0.1, 0.15) is 24.1 Å². The van der Waals surface area contributed by atoms with Gasteiger partial charge in [0.15, 0.2) is 5.65 Å².